The van der Waals surface area contributed by atoms with Gasteiger partial charge in [0.2, 0.25) is 11.8 Å². The van der Waals surface area contributed by atoms with Gasteiger partial charge in [0.05, 0.1) is 13.2 Å². The predicted molar refractivity (Wildman–Crippen MR) is 146 cm³/mol. The summed E-state index contributed by atoms with van der Waals surface area (Å²) >= 11 is 0. The molecule has 7 heteroatoms. The Balaban J connectivity index is 1.78. The number of benzene rings is 2. The van der Waals surface area contributed by atoms with E-state index in [0.29, 0.717) is 32.7 Å². The number of H-pyrrole nitrogens is 1. The maximum absolute atomic E-state index is 13.6. The van der Waals surface area contributed by atoms with Crippen LogP contribution < -0.4 is 0 Å². The van der Waals surface area contributed by atoms with Crippen molar-refractivity contribution in [2.45, 2.75) is 52.5 Å². The Kier molecular flexibility index (Phi) is 11.1. The number of rotatable bonds is 15. The van der Waals surface area contributed by atoms with Gasteiger partial charge in [0.25, 0.3) is 0 Å². The summed E-state index contributed by atoms with van der Waals surface area (Å²) in [4.78, 5) is 33.8. The van der Waals surface area contributed by atoms with Crippen molar-refractivity contribution in [3.63, 3.8) is 0 Å². The molecule has 1 aromatic heterocycles. The van der Waals surface area contributed by atoms with Crippen LogP contribution in [0.4, 0.5) is 4.39 Å². The number of nitrogens with zero attached hydrogens (tertiary/aromatic N) is 2. The molecule has 0 unspecified atom stereocenters. The fourth-order valence-corrected chi connectivity index (χ4v) is 4.64. The lowest BCUT2D eigenvalue weighted by atomic mass is 9.97. The van der Waals surface area contributed by atoms with E-state index in [1.54, 1.807) is 29.0 Å². The quantitative estimate of drug-likeness (QED) is 0.291. The van der Waals surface area contributed by atoms with Crippen LogP contribution in [0.5, 0.6) is 0 Å². The van der Waals surface area contributed by atoms with Crippen LogP contribution >= 0.6 is 0 Å². The number of aromatic amines is 1. The number of methoxy groups -OCH3 is 1. The number of carbonyl (C=O) groups excluding carboxylic acids is 2. The van der Waals surface area contributed by atoms with E-state index in [2.05, 4.69) is 18.0 Å². The van der Waals surface area contributed by atoms with Gasteiger partial charge in [-0.3, -0.25) is 9.59 Å². The number of para-hydroxylation sites is 1. The van der Waals surface area contributed by atoms with Crippen LogP contribution in [0.25, 0.3) is 10.9 Å². The maximum atomic E-state index is 13.6. The molecule has 0 aliphatic rings. The predicted octanol–water partition coefficient (Wildman–Crippen LogP) is 5.57. The molecule has 0 spiro atoms. The molecule has 0 saturated heterocycles. The number of hydrogen-bond acceptors (Lipinski definition) is 3. The molecule has 2 aromatic carbocycles. The van der Waals surface area contributed by atoms with Crippen molar-refractivity contribution in [3.05, 3.63) is 71.7 Å². The summed E-state index contributed by atoms with van der Waals surface area (Å²) in [5.74, 6) is -0.519. The number of unbranched alkanes of at least 4 members (excludes halogenated alkanes) is 1. The molecule has 1 heterocycles. The number of nitrogens with one attached hydrogen (secondary N) is 1. The van der Waals surface area contributed by atoms with Crippen LogP contribution in [-0.4, -0.2) is 59.9 Å². The molecular weight excluding hydrogens is 469 g/mol. The largest absolute Gasteiger partial charge is 0.383 e. The summed E-state index contributed by atoms with van der Waals surface area (Å²) in [5.41, 5.74) is 3.03. The van der Waals surface area contributed by atoms with Crippen molar-refractivity contribution in [2.75, 3.05) is 33.4 Å². The Labute approximate surface area is 219 Å². The van der Waals surface area contributed by atoms with E-state index < -0.39 is 0 Å². The van der Waals surface area contributed by atoms with Gasteiger partial charge in [-0.1, -0.05) is 57.0 Å². The molecule has 200 valence electrons. The van der Waals surface area contributed by atoms with Gasteiger partial charge in [-0.15, -0.1) is 0 Å². The normalized spacial score (nSPS) is 12.0. The highest BCUT2D eigenvalue weighted by Crippen LogP contribution is 2.20. The maximum Gasteiger partial charge on any atom is 0.242 e. The van der Waals surface area contributed by atoms with Crippen molar-refractivity contribution >= 4 is 22.7 Å². The van der Waals surface area contributed by atoms with Crippen LogP contribution in [-0.2, 0) is 27.3 Å². The standard InChI is InChI=1S/C30H40FN3O3/c1-4-6-9-24(5-2)30(36)34(18-19-37-3)22-29(35)33(21-23-12-14-26(31)15-13-23)17-16-25-20-32-28-11-8-7-10-27(25)28/h7-8,10-15,20,24,32H,4-6,9,16-19,21-22H2,1-3H3/t24-/m0/s1. The molecule has 1 N–H and O–H groups in total. The van der Waals surface area contributed by atoms with Crippen molar-refractivity contribution < 1.29 is 18.7 Å². The lowest BCUT2D eigenvalue weighted by Crippen LogP contribution is -2.46. The fourth-order valence-electron chi connectivity index (χ4n) is 4.64. The van der Waals surface area contributed by atoms with Gasteiger partial charge in [0.15, 0.2) is 0 Å². The lowest BCUT2D eigenvalue weighted by Gasteiger charge is -2.30. The molecule has 37 heavy (non-hydrogen) atoms. The highest BCUT2D eigenvalue weighted by molar-refractivity contribution is 5.86. The molecule has 0 radical (unpaired) electrons. The van der Waals surface area contributed by atoms with Gasteiger partial charge in [-0.05, 0) is 48.6 Å². The topological polar surface area (TPSA) is 65.6 Å². The molecule has 1 atom stereocenters. The molecule has 3 rings (SSSR count). The first-order valence-corrected chi connectivity index (χ1v) is 13.3. The number of carbonyl (C=O) groups is 2. The molecule has 0 fully saturated rings. The Morgan fingerprint density at radius 1 is 1.03 bits per heavy atom. The second kappa shape index (κ2) is 14.5. The number of fused-ring (bicyclic) bond motifs is 1. The van der Waals surface area contributed by atoms with Crippen LogP contribution in [0.3, 0.4) is 0 Å². The van der Waals surface area contributed by atoms with Gasteiger partial charge < -0.3 is 19.5 Å². The first-order chi connectivity index (χ1) is 18.0. The number of hydrogen-bond donors (Lipinski definition) is 1. The number of aromatic nitrogens is 1. The Bertz CT molecular complexity index is 1130. The zero-order valence-electron chi connectivity index (χ0n) is 22.3. The van der Waals surface area contributed by atoms with E-state index in [1.165, 1.54) is 12.1 Å². The SMILES string of the molecule is CCCC[C@H](CC)C(=O)N(CCOC)CC(=O)N(CCc1c[nH]c2ccccc12)Cc1ccc(F)cc1. The summed E-state index contributed by atoms with van der Waals surface area (Å²) in [7, 11) is 1.60. The van der Waals surface area contributed by atoms with Gasteiger partial charge in [0, 0.05) is 49.8 Å². The third-order valence-corrected chi connectivity index (χ3v) is 6.92. The average Bonchev–Trinajstić information content (AvgIpc) is 3.33. The summed E-state index contributed by atoms with van der Waals surface area (Å²) in [6.07, 6.45) is 6.23. The van der Waals surface area contributed by atoms with Gasteiger partial charge in [-0.2, -0.15) is 0 Å². The average molecular weight is 510 g/mol. The molecule has 0 bridgehead atoms. The zero-order chi connectivity index (χ0) is 26.6. The molecule has 6 nitrogen and oxygen atoms in total. The second-order valence-electron chi connectivity index (χ2n) is 9.55. The van der Waals surface area contributed by atoms with Crippen LogP contribution in [0.1, 0.15) is 50.7 Å². The van der Waals surface area contributed by atoms with E-state index >= 15 is 0 Å². The summed E-state index contributed by atoms with van der Waals surface area (Å²) in [6.45, 7) is 5.71. The van der Waals surface area contributed by atoms with Crippen LogP contribution in [0.2, 0.25) is 0 Å². The van der Waals surface area contributed by atoms with E-state index in [-0.39, 0.29) is 30.1 Å². The highest BCUT2D eigenvalue weighted by Gasteiger charge is 2.26. The number of halogens is 1. The van der Waals surface area contributed by atoms with Crippen molar-refractivity contribution in [3.8, 4) is 0 Å². The number of amides is 2. The van der Waals surface area contributed by atoms with E-state index in [0.717, 1.165) is 47.7 Å². The zero-order valence-corrected chi connectivity index (χ0v) is 22.3. The first-order valence-electron chi connectivity index (χ1n) is 13.3. The Morgan fingerprint density at radius 2 is 1.78 bits per heavy atom. The Hall–Kier alpha value is -3.19. The fraction of sp³-hybridized carbons (Fsp3) is 0.467. The molecule has 3 aromatic rings. The third kappa shape index (κ3) is 8.15. The first kappa shape index (κ1) is 28.4. The van der Waals surface area contributed by atoms with Gasteiger partial charge >= 0.3 is 0 Å². The summed E-state index contributed by atoms with van der Waals surface area (Å²) < 4.78 is 18.7. The van der Waals surface area contributed by atoms with Crippen molar-refractivity contribution in [2.24, 2.45) is 5.92 Å². The third-order valence-electron chi connectivity index (χ3n) is 6.92. The van der Waals surface area contributed by atoms with Crippen molar-refractivity contribution in [1.29, 1.82) is 0 Å². The van der Waals surface area contributed by atoms with E-state index in [9.17, 15) is 14.0 Å². The molecule has 0 saturated carbocycles. The lowest BCUT2D eigenvalue weighted by molar-refractivity contribution is -0.144. The van der Waals surface area contributed by atoms with Gasteiger partial charge in [0.1, 0.15) is 5.82 Å². The molecule has 0 aliphatic carbocycles. The minimum Gasteiger partial charge on any atom is -0.383 e. The number of ether oxygens (including phenoxy) is 1. The minimum atomic E-state index is -0.311. The molecular formula is C30H40FN3O3. The van der Waals surface area contributed by atoms with Crippen molar-refractivity contribution in [1.82, 2.24) is 14.8 Å². The van der Waals surface area contributed by atoms with E-state index in [4.69, 9.17) is 4.74 Å². The monoisotopic (exact) mass is 509 g/mol. The molecule has 0 aliphatic heterocycles. The van der Waals surface area contributed by atoms with Gasteiger partial charge in [-0.25, -0.2) is 4.39 Å². The highest BCUT2D eigenvalue weighted by atomic mass is 19.1. The summed E-state index contributed by atoms with van der Waals surface area (Å²) in [6, 6.07) is 14.3. The smallest absolute Gasteiger partial charge is 0.242 e. The minimum absolute atomic E-state index is 0.000102. The summed E-state index contributed by atoms with van der Waals surface area (Å²) in [5, 5.41) is 1.13. The van der Waals surface area contributed by atoms with Crippen LogP contribution in [0, 0.1) is 11.7 Å². The Morgan fingerprint density at radius 3 is 2.49 bits per heavy atom. The van der Waals surface area contributed by atoms with E-state index in [1.807, 2.05) is 31.3 Å². The van der Waals surface area contributed by atoms with Crippen LogP contribution in [0.15, 0.2) is 54.7 Å². The molecule has 2 amide bonds. The second-order valence-corrected chi connectivity index (χ2v) is 9.55.